The highest BCUT2D eigenvalue weighted by molar-refractivity contribution is 7.09. The van der Waals surface area contributed by atoms with Crippen LogP contribution in [0.3, 0.4) is 0 Å². The number of carbonyl (C=O) groups excluding carboxylic acids is 1. The first-order valence-corrected chi connectivity index (χ1v) is 10.1. The summed E-state index contributed by atoms with van der Waals surface area (Å²) in [7, 11) is 0. The molecule has 1 aliphatic heterocycles. The van der Waals surface area contributed by atoms with Gasteiger partial charge in [0.2, 0.25) is 5.91 Å². The van der Waals surface area contributed by atoms with Crippen molar-refractivity contribution in [1.29, 1.82) is 0 Å². The van der Waals surface area contributed by atoms with E-state index in [0.717, 1.165) is 22.1 Å². The lowest BCUT2D eigenvalue weighted by Gasteiger charge is -2.34. The zero-order valence-electron chi connectivity index (χ0n) is 14.8. The van der Waals surface area contributed by atoms with Crippen molar-refractivity contribution in [2.24, 2.45) is 5.73 Å². The number of hydrogen-bond acceptors (Lipinski definition) is 4. The van der Waals surface area contributed by atoms with Crippen molar-refractivity contribution in [2.75, 3.05) is 0 Å². The molecule has 2 aromatic carbocycles. The molecule has 4 nitrogen and oxygen atoms in total. The van der Waals surface area contributed by atoms with Gasteiger partial charge in [-0.05, 0) is 35.2 Å². The van der Waals surface area contributed by atoms with Gasteiger partial charge in [0.1, 0.15) is 0 Å². The first-order valence-electron chi connectivity index (χ1n) is 8.86. The highest BCUT2D eigenvalue weighted by atomic mass is 35.5. The van der Waals surface area contributed by atoms with Crippen molar-refractivity contribution in [3.05, 3.63) is 86.3 Å². The number of halogens is 1. The molecule has 0 spiro atoms. The quantitative estimate of drug-likeness (QED) is 0.712. The van der Waals surface area contributed by atoms with Gasteiger partial charge in [0, 0.05) is 29.9 Å². The molecule has 138 valence electrons. The minimum Gasteiger partial charge on any atom is -0.368 e. The van der Waals surface area contributed by atoms with E-state index in [1.54, 1.807) is 11.3 Å². The summed E-state index contributed by atoms with van der Waals surface area (Å²) >= 11 is 7.59. The fourth-order valence-corrected chi connectivity index (χ4v) is 4.46. The van der Waals surface area contributed by atoms with Crippen molar-refractivity contribution < 1.29 is 4.79 Å². The summed E-state index contributed by atoms with van der Waals surface area (Å²) < 4.78 is 0. The van der Waals surface area contributed by atoms with E-state index in [0.29, 0.717) is 19.5 Å². The summed E-state index contributed by atoms with van der Waals surface area (Å²) in [6.45, 7) is 1.34. The van der Waals surface area contributed by atoms with E-state index in [1.807, 2.05) is 36.4 Å². The van der Waals surface area contributed by atoms with Crippen LogP contribution in [0.4, 0.5) is 0 Å². The number of fused-ring (bicyclic) bond motifs is 1. The average molecular weight is 398 g/mol. The van der Waals surface area contributed by atoms with Gasteiger partial charge in [-0.2, -0.15) is 0 Å². The number of primary amides is 1. The molecule has 1 aromatic heterocycles. The molecule has 0 bridgehead atoms. The molecular formula is C21H20ClN3OS. The van der Waals surface area contributed by atoms with E-state index in [9.17, 15) is 4.79 Å². The summed E-state index contributed by atoms with van der Waals surface area (Å²) in [4.78, 5) is 18.9. The van der Waals surface area contributed by atoms with Crippen molar-refractivity contribution in [3.8, 4) is 0 Å². The van der Waals surface area contributed by atoms with Gasteiger partial charge in [0.25, 0.3) is 0 Å². The van der Waals surface area contributed by atoms with Gasteiger partial charge in [0.15, 0.2) is 0 Å². The monoisotopic (exact) mass is 397 g/mol. The Balaban J connectivity index is 1.49. The van der Waals surface area contributed by atoms with Crippen LogP contribution in [0, 0.1) is 0 Å². The van der Waals surface area contributed by atoms with E-state index in [-0.39, 0.29) is 11.9 Å². The van der Waals surface area contributed by atoms with E-state index < -0.39 is 0 Å². The number of nitrogens with two attached hydrogens (primary N) is 1. The summed E-state index contributed by atoms with van der Waals surface area (Å²) in [5.74, 6) is -0.277. The van der Waals surface area contributed by atoms with Crippen molar-refractivity contribution >= 4 is 28.8 Å². The predicted molar refractivity (Wildman–Crippen MR) is 109 cm³/mol. The van der Waals surface area contributed by atoms with Crippen LogP contribution in [-0.4, -0.2) is 21.8 Å². The third-order valence-corrected chi connectivity index (χ3v) is 6.06. The van der Waals surface area contributed by atoms with Gasteiger partial charge in [-0.25, -0.2) is 4.98 Å². The number of benzene rings is 2. The topological polar surface area (TPSA) is 59.2 Å². The van der Waals surface area contributed by atoms with Crippen LogP contribution in [0.25, 0.3) is 0 Å². The number of aromatic nitrogens is 1. The Morgan fingerprint density at radius 2 is 1.93 bits per heavy atom. The summed E-state index contributed by atoms with van der Waals surface area (Å²) in [5, 5.41) is 3.87. The number of amides is 1. The Kier molecular flexibility index (Phi) is 5.25. The minimum absolute atomic E-state index is 0.277. The van der Waals surface area contributed by atoms with E-state index in [4.69, 9.17) is 22.3 Å². The third kappa shape index (κ3) is 4.21. The summed E-state index contributed by atoms with van der Waals surface area (Å²) in [6, 6.07) is 15.8. The smallest absolute Gasteiger partial charge is 0.235 e. The zero-order valence-corrected chi connectivity index (χ0v) is 16.3. The van der Waals surface area contributed by atoms with Gasteiger partial charge in [-0.3, -0.25) is 9.69 Å². The maximum atomic E-state index is 12.0. The third-order valence-electron chi connectivity index (χ3n) is 4.91. The highest BCUT2D eigenvalue weighted by Gasteiger charge is 2.30. The lowest BCUT2D eigenvalue weighted by Crippen LogP contribution is -2.48. The number of rotatable bonds is 5. The van der Waals surface area contributed by atoms with Gasteiger partial charge in [-0.15, -0.1) is 11.3 Å². The second-order valence-corrected chi connectivity index (χ2v) is 8.21. The Morgan fingerprint density at radius 1 is 1.19 bits per heavy atom. The molecule has 6 heteroatoms. The van der Waals surface area contributed by atoms with Crippen molar-refractivity contribution in [3.63, 3.8) is 0 Å². The number of carbonyl (C=O) groups is 1. The van der Waals surface area contributed by atoms with Crippen LogP contribution < -0.4 is 5.73 Å². The van der Waals surface area contributed by atoms with Gasteiger partial charge in [-0.1, -0.05) is 48.0 Å². The maximum absolute atomic E-state index is 12.0. The molecule has 1 amide bonds. The van der Waals surface area contributed by atoms with Gasteiger partial charge < -0.3 is 5.73 Å². The minimum atomic E-state index is -0.290. The average Bonchev–Trinajstić information content (AvgIpc) is 3.10. The Labute approximate surface area is 167 Å². The Hall–Kier alpha value is -2.21. The fourth-order valence-electron chi connectivity index (χ4n) is 3.51. The zero-order chi connectivity index (χ0) is 18.8. The molecule has 0 fully saturated rings. The molecule has 27 heavy (non-hydrogen) atoms. The van der Waals surface area contributed by atoms with E-state index in [1.165, 1.54) is 16.7 Å². The normalized spacial score (nSPS) is 16.9. The molecule has 0 radical (unpaired) electrons. The standard InChI is InChI=1S/C21H20ClN3OS/c22-17-7-5-14(6-8-17)9-20-24-18(13-27-20)12-25-11-16-4-2-1-3-15(16)10-19(25)21(23)26/h1-8,13,19H,9-12H2,(H2,23,26)/t19-/m0/s1. The largest absolute Gasteiger partial charge is 0.368 e. The van der Waals surface area contributed by atoms with Crippen LogP contribution in [0.5, 0.6) is 0 Å². The lowest BCUT2D eigenvalue weighted by atomic mass is 9.93. The molecule has 0 saturated heterocycles. The van der Waals surface area contributed by atoms with Gasteiger partial charge >= 0.3 is 0 Å². The maximum Gasteiger partial charge on any atom is 0.235 e. The van der Waals surface area contributed by atoms with Crippen LogP contribution >= 0.6 is 22.9 Å². The van der Waals surface area contributed by atoms with Crippen LogP contribution in [0.2, 0.25) is 5.02 Å². The molecule has 2 heterocycles. The van der Waals surface area contributed by atoms with E-state index in [2.05, 4.69) is 22.4 Å². The first-order chi connectivity index (χ1) is 13.1. The lowest BCUT2D eigenvalue weighted by molar-refractivity contribution is -0.124. The number of hydrogen-bond donors (Lipinski definition) is 1. The molecule has 4 rings (SSSR count). The SMILES string of the molecule is NC(=O)[C@@H]1Cc2ccccc2CN1Cc1csc(Cc2ccc(Cl)cc2)n1. The molecule has 0 aliphatic carbocycles. The van der Waals surface area contributed by atoms with Crippen molar-refractivity contribution in [1.82, 2.24) is 9.88 Å². The molecule has 0 saturated carbocycles. The van der Waals surface area contributed by atoms with Crippen molar-refractivity contribution in [2.45, 2.75) is 32.0 Å². The molecule has 1 aliphatic rings. The highest BCUT2D eigenvalue weighted by Crippen LogP contribution is 2.26. The summed E-state index contributed by atoms with van der Waals surface area (Å²) in [5.41, 5.74) is 10.3. The Bertz CT molecular complexity index is 954. The second kappa shape index (κ2) is 7.80. The molecule has 0 unspecified atom stereocenters. The molecule has 1 atom stereocenters. The van der Waals surface area contributed by atoms with E-state index >= 15 is 0 Å². The molecule has 2 N–H and O–H groups in total. The first kappa shape index (κ1) is 18.2. The van der Waals surface area contributed by atoms with Gasteiger partial charge in [0.05, 0.1) is 16.7 Å². The molecule has 3 aromatic rings. The molecular weight excluding hydrogens is 378 g/mol. The predicted octanol–water partition coefficient (Wildman–Crippen LogP) is 3.80. The van der Waals surface area contributed by atoms with Crippen LogP contribution in [0.15, 0.2) is 53.9 Å². The van der Waals surface area contributed by atoms with Crippen LogP contribution in [-0.2, 0) is 30.7 Å². The summed E-state index contributed by atoms with van der Waals surface area (Å²) in [6.07, 6.45) is 1.44. The van der Waals surface area contributed by atoms with Crippen LogP contribution in [0.1, 0.15) is 27.4 Å². The Morgan fingerprint density at radius 3 is 2.67 bits per heavy atom. The number of nitrogens with zero attached hydrogens (tertiary/aromatic N) is 2. The second-order valence-electron chi connectivity index (χ2n) is 6.83. The number of thiazole rings is 1. The fraction of sp³-hybridized carbons (Fsp3) is 0.238.